The molecule has 4 heterocycles. The first-order chi connectivity index (χ1) is 14.0. The minimum absolute atomic E-state index is 0.0864. The van der Waals surface area contributed by atoms with Crippen molar-refractivity contribution in [1.82, 2.24) is 14.8 Å². The van der Waals surface area contributed by atoms with Crippen LogP contribution in [0.3, 0.4) is 0 Å². The van der Waals surface area contributed by atoms with Crippen LogP contribution in [0.5, 0.6) is 0 Å². The van der Waals surface area contributed by atoms with E-state index in [0.717, 1.165) is 44.3 Å². The Bertz CT molecular complexity index is 1050. The van der Waals surface area contributed by atoms with Gasteiger partial charge < -0.3 is 15.0 Å². The zero-order valence-electron chi connectivity index (χ0n) is 16.9. The van der Waals surface area contributed by atoms with Crippen molar-refractivity contribution in [1.29, 1.82) is 0 Å². The highest BCUT2D eigenvalue weighted by molar-refractivity contribution is 6.17. The average molecular weight is 393 g/mol. The molecule has 0 aliphatic carbocycles. The largest absolute Gasteiger partial charge is 0.480 e. The highest BCUT2D eigenvalue weighted by atomic mass is 16.4. The van der Waals surface area contributed by atoms with Gasteiger partial charge in [0.2, 0.25) is 0 Å². The van der Waals surface area contributed by atoms with Gasteiger partial charge in [-0.2, -0.15) is 0 Å². The molecule has 1 aromatic heterocycles. The number of carboxylic acid groups (broad SMARTS) is 1. The third kappa shape index (κ3) is 2.51. The van der Waals surface area contributed by atoms with E-state index < -0.39 is 12.0 Å². The number of benzene rings is 1. The van der Waals surface area contributed by atoms with Gasteiger partial charge in [-0.25, -0.2) is 0 Å². The molecule has 0 unspecified atom stereocenters. The van der Waals surface area contributed by atoms with E-state index in [1.165, 1.54) is 23.6 Å². The Morgan fingerprint density at radius 3 is 2.86 bits per heavy atom. The minimum atomic E-state index is -1.03. The summed E-state index contributed by atoms with van der Waals surface area (Å²) in [6.07, 6.45) is 6.27. The highest BCUT2D eigenvalue weighted by Gasteiger charge is 2.51. The van der Waals surface area contributed by atoms with Gasteiger partial charge in [-0.1, -0.05) is 25.1 Å². The van der Waals surface area contributed by atoms with Crippen LogP contribution in [0.15, 0.2) is 30.3 Å². The summed E-state index contributed by atoms with van der Waals surface area (Å²) in [4.78, 5) is 27.2. The maximum absolute atomic E-state index is 13.3. The number of hydrogen-bond acceptors (Lipinski definition) is 3. The lowest BCUT2D eigenvalue weighted by Gasteiger charge is -2.53. The summed E-state index contributed by atoms with van der Waals surface area (Å²) < 4.78 is 2.12. The number of nitrogens with zero attached hydrogens (tertiary/aromatic N) is 2. The summed E-state index contributed by atoms with van der Waals surface area (Å²) in [5.74, 6) is -1.33. The normalized spacial score (nSPS) is 26.6. The molecule has 3 atom stereocenters. The lowest BCUT2D eigenvalue weighted by molar-refractivity contribution is -0.140. The molecule has 6 nitrogen and oxygen atoms in total. The number of aromatic nitrogens is 1. The number of fused-ring (bicyclic) bond motifs is 3. The van der Waals surface area contributed by atoms with Crippen LogP contribution in [-0.2, 0) is 16.0 Å². The van der Waals surface area contributed by atoms with Gasteiger partial charge in [0.15, 0.2) is 0 Å². The molecule has 0 radical (unpaired) electrons. The van der Waals surface area contributed by atoms with E-state index >= 15 is 0 Å². The van der Waals surface area contributed by atoms with Crippen LogP contribution in [0.4, 0.5) is 0 Å². The first kappa shape index (κ1) is 18.4. The van der Waals surface area contributed by atoms with E-state index in [2.05, 4.69) is 46.0 Å². The second kappa shape index (κ2) is 6.46. The lowest BCUT2D eigenvalue weighted by Crippen LogP contribution is -2.51. The summed E-state index contributed by atoms with van der Waals surface area (Å²) >= 11 is 0. The predicted molar refractivity (Wildman–Crippen MR) is 111 cm³/mol. The number of hydrogen-bond donors (Lipinski definition) is 2. The molecule has 5 rings (SSSR count). The van der Waals surface area contributed by atoms with Crippen LogP contribution >= 0.6 is 0 Å². The molecule has 2 aromatic rings. The molecule has 1 amide bonds. The minimum Gasteiger partial charge on any atom is -0.480 e. The summed E-state index contributed by atoms with van der Waals surface area (Å²) in [5.41, 5.74) is 4.13. The fourth-order valence-corrected chi connectivity index (χ4v) is 5.78. The van der Waals surface area contributed by atoms with Gasteiger partial charge in [-0.05, 0) is 56.9 Å². The van der Waals surface area contributed by atoms with Crippen LogP contribution in [0.25, 0.3) is 16.6 Å². The maximum atomic E-state index is 13.3. The van der Waals surface area contributed by atoms with E-state index in [1.807, 2.05) is 6.07 Å². The fourth-order valence-electron chi connectivity index (χ4n) is 5.78. The first-order valence-electron chi connectivity index (χ1n) is 10.6. The number of para-hydroxylation sites is 1. The Kier molecular flexibility index (Phi) is 4.10. The zero-order valence-corrected chi connectivity index (χ0v) is 16.9. The SMILES string of the molecule is CC[C@@]12C=C(C(=O)N[C@@H](C)C(=O)O)n3c4c(c5ccccc53)CCN(CCC1)[C@H]42. The molecule has 29 heavy (non-hydrogen) atoms. The van der Waals surface area contributed by atoms with E-state index in [1.54, 1.807) is 0 Å². The first-order valence-corrected chi connectivity index (χ1v) is 10.6. The van der Waals surface area contributed by atoms with Crippen molar-refractivity contribution in [3.63, 3.8) is 0 Å². The van der Waals surface area contributed by atoms with Crippen molar-refractivity contribution in [2.75, 3.05) is 13.1 Å². The number of carboxylic acids is 1. The van der Waals surface area contributed by atoms with Crippen molar-refractivity contribution in [3.8, 4) is 0 Å². The van der Waals surface area contributed by atoms with Gasteiger partial charge in [-0.15, -0.1) is 0 Å². The quantitative estimate of drug-likeness (QED) is 0.837. The van der Waals surface area contributed by atoms with Gasteiger partial charge in [0.05, 0.1) is 11.6 Å². The Morgan fingerprint density at radius 2 is 2.10 bits per heavy atom. The molecule has 152 valence electrons. The third-order valence-corrected chi connectivity index (χ3v) is 7.20. The molecule has 2 N–H and O–H groups in total. The molecule has 3 aliphatic rings. The van der Waals surface area contributed by atoms with E-state index in [0.29, 0.717) is 5.70 Å². The Labute approximate surface area is 170 Å². The monoisotopic (exact) mass is 393 g/mol. The van der Waals surface area contributed by atoms with Crippen molar-refractivity contribution < 1.29 is 14.7 Å². The van der Waals surface area contributed by atoms with E-state index in [9.17, 15) is 14.7 Å². The molecule has 6 heteroatoms. The molecule has 0 saturated carbocycles. The number of carbonyl (C=O) groups excluding carboxylic acids is 1. The second-order valence-corrected chi connectivity index (χ2v) is 8.66. The number of rotatable bonds is 4. The van der Waals surface area contributed by atoms with Crippen LogP contribution < -0.4 is 5.32 Å². The van der Waals surface area contributed by atoms with Crippen LogP contribution in [0.1, 0.15) is 50.4 Å². The zero-order chi connectivity index (χ0) is 20.3. The van der Waals surface area contributed by atoms with Crippen LogP contribution in [0, 0.1) is 5.41 Å². The molecule has 0 bridgehead atoms. The van der Waals surface area contributed by atoms with E-state index in [4.69, 9.17) is 0 Å². The topological polar surface area (TPSA) is 74.6 Å². The smallest absolute Gasteiger partial charge is 0.325 e. The van der Waals surface area contributed by atoms with Crippen molar-refractivity contribution in [2.24, 2.45) is 5.41 Å². The predicted octanol–water partition coefficient (Wildman–Crippen LogP) is 3.17. The van der Waals surface area contributed by atoms with Gasteiger partial charge in [-0.3, -0.25) is 14.5 Å². The summed E-state index contributed by atoms with van der Waals surface area (Å²) in [6.45, 7) is 5.87. The Morgan fingerprint density at radius 1 is 1.31 bits per heavy atom. The fraction of sp³-hybridized carbons (Fsp3) is 0.478. The summed E-state index contributed by atoms with van der Waals surface area (Å²) in [5, 5.41) is 13.2. The molecule has 1 aromatic carbocycles. The summed E-state index contributed by atoms with van der Waals surface area (Å²) in [6, 6.07) is 7.64. The highest BCUT2D eigenvalue weighted by Crippen LogP contribution is 2.56. The van der Waals surface area contributed by atoms with Crippen molar-refractivity contribution >= 4 is 28.5 Å². The second-order valence-electron chi connectivity index (χ2n) is 8.66. The van der Waals surface area contributed by atoms with Gasteiger partial charge in [0, 0.05) is 23.0 Å². The number of amides is 1. The molecular weight excluding hydrogens is 366 g/mol. The standard InChI is InChI=1S/C23H27N3O3/c1-3-23-10-6-11-25-12-9-16-15-7-4-5-8-17(15)26(19(16)20(23)25)18(13-23)21(27)24-14(2)22(28)29/h4-5,7-8,13-14,20H,3,6,9-12H2,1-2H3,(H,24,27)(H,28,29)/t14-,20+,23-/m0/s1. The molecule has 1 saturated heterocycles. The van der Waals surface area contributed by atoms with Gasteiger partial charge in [0.1, 0.15) is 11.7 Å². The molecule has 0 spiro atoms. The van der Waals surface area contributed by atoms with Gasteiger partial charge >= 0.3 is 5.97 Å². The van der Waals surface area contributed by atoms with E-state index in [-0.39, 0.29) is 17.4 Å². The van der Waals surface area contributed by atoms with Crippen LogP contribution in [-0.4, -0.2) is 45.6 Å². The lowest BCUT2D eigenvalue weighted by atomic mass is 9.66. The van der Waals surface area contributed by atoms with Crippen molar-refractivity contribution in [2.45, 2.75) is 51.6 Å². The number of carbonyl (C=O) groups is 2. The van der Waals surface area contributed by atoms with Crippen molar-refractivity contribution in [3.05, 3.63) is 41.6 Å². The number of aliphatic carboxylic acids is 1. The van der Waals surface area contributed by atoms with Gasteiger partial charge in [0.25, 0.3) is 5.91 Å². The Balaban J connectivity index is 1.76. The third-order valence-electron chi connectivity index (χ3n) is 7.20. The maximum Gasteiger partial charge on any atom is 0.325 e. The molecule has 3 aliphatic heterocycles. The molecular formula is C23H27N3O3. The Hall–Kier alpha value is -2.60. The number of nitrogens with one attached hydrogen (secondary N) is 1. The number of piperidine rings is 1. The van der Waals surface area contributed by atoms with Crippen LogP contribution in [0.2, 0.25) is 0 Å². The summed E-state index contributed by atoms with van der Waals surface area (Å²) in [7, 11) is 0. The molecule has 1 fully saturated rings. The average Bonchev–Trinajstić information content (AvgIpc) is 3.07.